The maximum atomic E-state index is 12.0. The van der Waals surface area contributed by atoms with Crippen LogP contribution in [0, 0.1) is 0 Å². The monoisotopic (exact) mass is 286 g/mol. The quantitative estimate of drug-likeness (QED) is 0.751. The summed E-state index contributed by atoms with van der Waals surface area (Å²) in [5.41, 5.74) is 6.42. The predicted molar refractivity (Wildman–Crippen MR) is 76.4 cm³/mol. The van der Waals surface area contributed by atoms with Gasteiger partial charge in [-0.05, 0) is 29.6 Å². The van der Waals surface area contributed by atoms with Crippen molar-refractivity contribution in [2.24, 2.45) is 0 Å². The number of nitrogens with two attached hydrogens (primary N) is 1. The number of hydrogen-bond donors (Lipinski definition) is 2. The summed E-state index contributed by atoms with van der Waals surface area (Å²) in [6, 6.07) is 6.73. The molecule has 8 heteroatoms. The van der Waals surface area contributed by atoms with Gasteiger partial charge in [-0.15, -0.1) is 21.1 Å². The topological polar surface area (TPSA) is 98.7 Å². The van der Waals surface area contributed by atoms with E-state index in [0.29, 0.717) is 16.4 Å². The van der Waals surface area contributed by atoms with Gasteiger partial charge < -0.3 is 5.73 Å². The molecule has 0 atom stereocenters. The Balaban J connectivity index is 1.88. The van der Waals surface area contributed by atoms with Gasteiger partial charge in [0.15, 0.2) is 5.82 Å². The van der Waals surface area contributed by atoms with E-state index < -0.39 is 6.03 Å². The minimum atomic E-state index is -0.451. The molecule has 7 nitrogen and oxygen atoms in total. The van der Waals surface area contributed by atoms with Crippen molar-refractivity contribution in [1.82, 2.24) is 19.7 Å². The molecule has 0 fully saturated rings. The van der Waals surface area contributed by atoms with Gasteiger partial charge in [0.2, 0.25) is 5.95 Å². The third-order valence-corrected chi connectivity index (χ3v) is 3.28. The summed E-state index contributed by atoms with van der Waals surface area (Å²) >= 11 is 1.41. The summed E-state index contributed by atoms with van der Waals surface area (Å²) in [5.74, 6) is 0.384. The van der Waals surface area contributed by atoms with Crippen molar-refractivity contribution in [3.8, 4) is 11.4 Å². The van der Waals surface area contributed by atoms with Crippen LogP contribution in [0.25, 0.3) is 11.4 Å². The van der Waals surface area contributed by atoms with Crippen molar-refractivity contribution in [3.05, 3.63) is 42.0 Å². The van der Waals surface area contributed by atoms with Gasteiger partial charge in [-0.3, -0.25) is 10.3 Å². The number of nitrogens with zero attached hydrogens (tertiary/aromatic N) is 4. The lowest BCUT2D eigenvalue weighted by atomic mass is 10.3. The molecule has 0 aliphatic carbocycles. The van der Waals surface area contributed by atoms with Crippen LogP contribution in [0.3, 0.4) is 0 Å². The fourth-order valence-corrected chi connectivity index (χ4v) is 2.21. The highest BCUT2D eigenvalue weighted by molar-refractivity contribution is 7.14. The Morgan fingerprint density at radius 1 is 1.35 bits per heavy atom. The van der Waals surface area contributed by atoms with E-state index in [2.05, 4.69) is 20.4 Å². The molecule has 0 unspecified atom stereocenters. The highest BCUT2D eigenvalue weighted by atomic mass is 32.1. The van der Waals surface area contributed by atoms with Gasteiger partial charge in [-0.1, -0.05) is 0 Å². The molecular weight excluding hydrogens is 276 g/mol. The molecule has 3 N–H and O–H groups in total. The normalized spacial score (nSPS) is 10.4. The maximum absolute atomic E-state index is 12.0. The lowest BCUT2D eigenvalue weighted by Crippen LogP contribution is -2.21. The van der Waals surface area contributed by atoms with Gasteiger partial charge >= 0.3 is 6.03 Å². The lowest BCUT2D eigenvalue weighted by Gasteiger charge is -2.01. The van der Waals surface area contributed by atoms with E-state index in [1.54, 1.807) is 30.6 Å². The zero-order valence-corrected chi connectivity index (χ0v) is 11.0. The summed E-state index contributed by atoms with van der Waals surface area (Å²) in [7, 11) is 0. The molecule has 0 radical (unpaired) electrons. The fraction of sp³-hybridized carbons (Fsp3) is 0. The fourth-order valence-electron chi connectivity index (χ4n) is 1.60. The van der Waals surface area contributed by atoms with Gasteiger partial charge in [0.05, 0.1) is 5.00 Å². The van der Waals surface area contributed by atoms with Crippen LogP contribution < -0.4 is 11.1 Å². The molecule has 0 saturated carbocycles. The first-order chi connectivity index (χ1) is 9.74. The highest BCUT2D eigenvalue weighted by Gasteiger charge is 2.15. The van der Waals surface area contributed by atoms with Crippen LogP contribution in [-0.4, -0.2) is 25.8 Å². The van der Waals surface area contributed by atoms with Crippen molar-refractivity contribution in [3.63, 3.8) is 0 Å². The molecule has 1 amide bonds. The number of nitrogens with one attached hydrogen (secondary N) is 1. The smallest absolute Gasteiger partial charge is 0.350 e. The van der Waals surface area contributed by atoms with Crippen LogP contribution in [0.2, 0.25) is 0 Å². The Kier molecular flexibility index (Phi) is 3.13. The standard InChI is InChI=1S/C12H10N6OS/c13-11-16-10(8-3-1-5-14-7-8)17-18(11)12(19)15-9-4-2-6-20-9/h1-7H,(H,15,19)(H2,13,16,17). The third kappa shape index (κ3) is 2.36. The molecule has 100 valence electrons. The Labute approximate surface area is 118 Å². The zero-order chi connectivity index (χ0) is 13.9. The number of anilines is 2. The van der Waals surface area contributed by atoms with E-state index in [9.17, 15) is 4.79 Å². The Hall–Kier alpha value is -2.74. The number of aromatic nitrogens is 4. The lowest BCUT2D eigenvalue weighted by molar-refractivity contribution is 0.251. The molecule has 0 aliphatic heterocycles. The largest absolute Gasteiger partial charge is 0.368 e. The molecule has 3 rings (SSSR count). The molecule has 0 spiro atoms. The minimum Gasteiger partial charge on any atom is -0.368 e. The first kappa shape index (κ1) is 12.3. The number of thiophene rings is 1. The number of amides is 1. The van der Waals surface area contributed by atoms with Crippen LogP contribution >= 0.6 is 11.3 Å². The Morgan fingerprint density at radius 2 is 2.25 bits per heavy atom. The van der Waals surface area contributed by atoms with Crippen molar-refractivity contribution >= 4 is 28.3 Å². The van der Waals surface area contributed by atoms with Gasteiger partial charge in [0, 0.05) is 18.0 Å². The van der Waals surface area contributed by atoms with E-state index in [0.717, 1.165) is 4.68 Å². The summed E-state index contributed by atoms with van der Waals surface area (Å²) in [5, 5.41) is 9.36. The summed E-state index contributed by atoms with van der Waals surface area (Å²) in [6.45, 7) is 0. The molecule has 0 aliphatic rings. The van der Waals surface area contributed by atoms with Gasteiger partial charge in [-0.2, -0.15) is 4.98 Å². The van der Waals surface area contributed by atoms with Crippen LogP contribution in [0.5, 0.6) is 0 Å². The molecule has 3 heterocycles. The van der Waals surface area contributed by atoms with E-state index in [4.69, 9.17) is 5.73 Å². The van der Waals surface area contributed by atoms with E-state index in [-0.39, 0.29) is 5.95 Å². The number of carbonyl (C=O) groups excluding carboxylic acids is 1. The number of pyridine rings is 1. The molecule has 20 heavy (non-hydrogen) atoms. The second-order valence-electron chi connectivity index (χ2n) is 3.85. The number of carbonyl (C=O) groups is 1. The maximum Gasteiger partial charge on any atom is 0.350 e. The van der Waals surface area contributed by atoms with Crippen LogP contribution in [0.15, 0.2) is 42.0 Å². The number of hydrogen-bond acceptors (Lipinski definition) is 6. The third-order valence-electron chi connectivity index (χ3n) is 2.50. The van der Waals surface area contributed by atoms with Gasteiger partial charge in [-0.25, -0.2) is 4.79 Å². The highest BCUT2D eigenvalue weighted by Crippen LogP contribution is 2.17. The average molecular weight is 286 g/mol. The zero-order valence-electron chi connectivity index (χ0n) is 10.2. The van der Waals surface area contributed by atoms with Crippen LogP contribution in [0.4, 0.5) is 15.7 Å². The van der Waals surface area contributed by atoms with Gasteiger partial charge in [0.25, 0.3) is 0 Å². The minimum absolute atomic E-state index is 0.0258. The molecular formula is C12H10N6OS. The van der Waals surface area contributed by atoms with Crippen molar-refractivity contribution in [2.45, 2.75) is 0 Å². The number of nitrogen functional groups attached to an aromatic ring is 1. The second kappa shape index (κ2) is 5.10. The van der Waals surface area contributed by atoms with Crippen LogP contribution in [0.1, 0.15) is 0 Å². The number of rotatable bonds is 2. The summed E-state index contributed by atoms with van der Waals surface area (Å²) < 4.78 is 1.03. The van der Waals surface area contributed by atoms with Crippen LogP contribution in [-0.2, 0) is 0 Å². The molecule has 0 saturated heterocycles. The van der Waals surface area contributed by atoms with Crippen molar-refractivity contribution in [1.29, 1.82) is 0 Å². The van der Waals surface area contributed by atoms with Crippen molar-refractivity contribution < 1.29 is 4.79 Å². The van der Waals surface area contributed by atoms with Gasteiger partial charge in [0.1, 0.15) is 0 Å². The molecule has 3 aromatic rings. The predicted octanol–water partition coefficient (Wildman–Crippen LogP) is 2.06. The van der Waals surface area contributed by atoms with E-state index in [1.807, 2.05) is 11.4 Å². The Bertz CT molecular complexity index is 722. The first-order valence-corrected chi connectivity index (χ1v) is 6.60. The Morgan fingerprint density at radius 3 is 2.95 bits per heavy atom. The van der Waals surface area contributed by atoms with E-state index >= 15 is 0 Å². The van der Waals surface area contributed by atoms with Crippen molar-refractivity contribution in [2.75, 3.05) is 11.1 Å². The SMILES string of the molecule is Nc1nc(-c2cccnc2)nn1C(=O)Nc1cccs1. The van der Waals surface area contributed by atoms with E-state index in [1.165, 1.54) is 11.3 Å². The molecule has 0 bridgehead atoms. The average Bonchev–Trinajstić information content (AvgIpc) is 3.09. The summed E-state index contributed by atoms with van der Waals surface area (Å²) in [6.07, 6.45) is 3.25. The first-order valence-electron chi connectivity index (χ1n) is 5.72. The molecule has 0 aromatic carbocycles. The molecule has 3 aromatic heterocycles. The summed E-state index contributed by atoms with van der Waals surface area (Å²) in [4.78, 5) is 20.1. The second-order valence-corrected chi connectivity index (χ2v) is 4.80.